The van der Waals surface area contributed by atoms with Gasteiger partial charge >= 0.3 is 0 Å². The van der Waals surface area contributed by atoms with E-state index in [9.17, 15) is 14.0 Å². The molecule has 4 rings (SSSR count). The van der Waals surface area contributed by atoms with E-state index in [0.717, 1.165) is 5.56 Å². The van der Waals surface area contributed by atoms with Crippen molar-refractivity contribution in [1.82, 2.24) is 0 Å². The average molecular weight is 428 g/mol. The molecule has 0 spiro atoms. The molecule has 0 unspecified atom stereocenters. The number of furan rings is 1. The lowest BCUT2D eigenvalue weighted by Gasteiger charge is -2.11. The molecule has 0 radical (unpaired) electrons. The molecule has 0 fully saturated rings. The number of carbonyl (C=O) groups is 1. The third-order valence-corrected chi connectivity index (χ3v) is 4.78. The van der Waals surface area contributed by atoms with Gasteiger partial charge in [0.15, 0.2) is 12.4 Å². The Bertz CT molecular complexity index is 1300. The van der Waals surface area contributed by atoms with Gasteiger partial charge in [-0.15, -0.1) is 0 Å². The largest absolute Gasteiger partial charge is 0.476 e. The third kappa shape index (κ3) is 3.79. The molecule has 2 aromatic carbocycles. The Labute approximate surface area is 174 Å². The molecule has 1 N–H and O–H groups in total. The summed E-state index contributed by atoms with van der Waals surface area (Å²) in [6.45, 7) is 1.24. The highest BCUT2D eigenvalue weighted by atomic mass is 35.5. The molecule has 4 aromatic rings. The van der Waals surface area contributed by atoms with Crippen molar-refractivity contribution in [2.75, 3.05) is 11.9 Å². The van der Waals surface area contributed by atoms with Gasteiger partial charge in [-0.1, -0.05) is 23.7 Å². The lowest BCUT2D eigenvalue weighted by molar-refractivity contribution is -0.118. The molecule has 2 heterocycles. The molecular formula is C22H15ClFNO5. The monoisotopic (exact) mass is 427 g/mol. The maximum atomic E-state index is 13.7. The number of rotatable bonds is 5. The second kappa shape index (κ2) is 8.04. The van der Waals surface area contributed by atoms with Crippen LogP contribution in [0.3, 0.4) is 0 Å². The van der Waals surface area contributed by atoms with E-state index in [1.54, 1.807) is 31.2 Å². The number of carbonyl (C=O) groups excluding carboxylic acids is 1. The summed E-state index contributed by atoms with van der Waals surface area (Å²) in [6, 6.07) is 12.1. The third-order valence-electron chi connectivity index (χ3n) is 4.37. The molecule has 152 valence electrons. The van der Waals surface area contributed by atoms with Crippen LogP contribution in [0.5, 0.6) is 5.75 Å². The van der Waals surface area contributed by atoms with Gasteiger partial charge in [-0.05, 0) is 48.9 Å². The van der Waals surface area contributed by atoms with E-state index in [1.807, 2.05) is 0 Å². The van der Waals surface area contributed by atoms with Gasteiger partial charge in [0.05, 0.1) is 17.3 Å². The van der Waals surface area contributed by atoms with E-state index in [2.05, 4.69) is 5.32 Å². The number of anilines is 1. The maximum Gasteiger partial charge on any atom is 0.262 e. The predicted octanol–water partition coefficient (Wildman–Crippen LogP) is 5.17. The summed E-state index contributed by atoms with van der Waals surface area (Å²) in [5.41, 5.74) is 0.528. The highest BCUT2D eigenvalue weighted by molar-refractivity contribution is 6.32. The number of para-hydroxylation sites is 1. The first kappa shape index (κ1) is 19.7. The van der Waals surface area contributed by atoms with E-state index in [1.165, 1.54) is 30.5 Å². The number of hydrogen-bond donors (Lipinski definition) is 1. The first-order chi connectivity index (χ1) is 14.4. The van der Waals surface area contributed by atoms with Crippen LogP contribution in [0, 0.1) is 12.7 Å². The Balaban J connectivity index is 1.70. The van der Waals surface area contributed by atoms with Gasteiger partial charge in [0, 0.05) is 5.02 Å². The Morgan fingerprint density at radius 2 is 2.00 bits per heavy atom. The molecule has 0 aliphatic heterocycles. The maximum absolute atomic E-state index is 13.7. The molecule has 0 bridgehead atoms. The summed E-state index contributed by atoms with van der Waals surface area (Å²) in [7, 11) is 0. The molecule has 6 nitrogen and oxygen atoms in total. The Morgan fingerprint density at radius 3 is 2.73 bits per heavy atom. The van der Waals surface area contributed by atoms with Gasteiger partial charge in [0.1, 0.15) is 11.4 Å². The van der Waals surface area contributed by atoms with Crippen LogP contribution in [-0.4, -0.2) is 12.5 Å². The Kier molecular flexibility index (Phi) is 5.29. The summed E-state index contributed by atoms with van der Waals surface area (Å²) in [5.74, 6) is -1.14. The average Bonchev–Trinajstić information content (AvgIpc) is 3.25. The normalized spacial score (nSPS) is 10.9. The zero-order valence-corrected chi connectivity index (χ0v) is 16.5. The molecule has 30 heavy (non-hydrogen) atoms. The standard InChI is InChI=1S/C22H15ClFNO5/c1-12-9-18-13(10-14(12)23)20(27)22(21(30-18)17-7-4-8-28-17)29-11-19(26)25-16-6-3-2-5-15(16)24/h2-10H,11H2,1H3,(H,25,26). The molecule has 8 heteroatoms. The number of hydrogen-bond acceptors (Lipinski definition) is 5. The van der Waals surface area contributed by atoms with Crippen molar-refractivity contribution in [3.8, 4) is 17.3 Å². The highest BCUT2D eigenvalue weighted by Crippen LogP contribution is 2.33. The molecule has 0 atom stereocenters. The first-order valence-electron chi connectivity index (χ1n) is 8.92. The number of nitrogens with one attached hydrogen (secondary N) is 1. The van der Waals surface area contributed by atoms with Crippen LogP contribution < -0.4 is 15.5 Å². The quantitative estimate of drug-likeness (QED) is 0.475. The van der Waals surface area contributed by atoms with Crippen LogP contribution in [0.4, 0.5) is 10.1 Å². The molecular weight excluding hydrogens is 413 g/mol. The predicted molar refractivity (Wildman–Crippen MR) is 110 cm³/mol. The fourth-order valence-electron chi connectivity index (χ4n) is 2.89. The molecule has 0 aliphatic carbocycles. The van der Waals surface area contributed by atoms with Crippen molar-refractivity contribution >= 4 is 34.2 Å². The molecule has 0 aliphatic rings. The van der Waals surface area contributed by atoms with Crippen molar-refractivity contribution in [1.29, 1.82) is 0 Å². The van der Waals surface area contributed by atoms with Gasteiger partial charge in [-0.25, -0.2) is 4.39 Å². The second-order valence-electron chi connectivity index (χ2n) is 6.48. The second-order valence-corrected chi connectivity index (χ2v) is 6.89. The summed E-state index contributed by atoms with van der Waals surface area (Å²) < 4.78 is 30.4. The van der Waals surface area contributed by atoms with Crippen LogP contribution in [0.25, 0.3) is 22.5 Å². The van der Waals surface area contributed by atoms with E-state index >= 15 is 0 Å². The van der Waals surface area contributed by atoms with Gasteiger partial charge < -0.3 is 18.9 Å². The van der Waals surface area contributed by atoms with E-state index in [-0.39, 0.29) is 28.3 Å². The summed E-state index contributed by atoms with van der Waals surface area (Å²) in [6.07, 6.45) is 1.42. The molecule has 1 amide bonds. The zero-order valence-electron chi connectivity index (χ0n) is 15.7. The van der Waals surface area contributed by atoms with Gasteiger partial charge in [-0.3, -0.25) is 9.59 Å². The lowest BCUT2D eigenvalue weighted by Crippen LogP contribution is -2.23. The first-order valence-corrected chi connectivity index (χ1v) is 9.30. The van der Waals surface area contributed by atoms with Crippen molar-refractivity contribution in [2.45, 2.75) is 6.92 Å². The van der Waals surface area contributed by atoms with E-state index in [0.29, 0.717) is 10.6 Å². The molecule has 0 saturated carbocycles. The van der Waals surface area contributed by atoms with Gasteiger partial charge in [0.2, 0.25) is 16.9 Å². The lowest BCUT2D eigenvalue weighted by atomic mass is 10.1. The van der Waals surface area contributed by atoms with E-state index in [4.69, 9.17) is 25.2 Å². The van der Waals surface area contributed by atoms with Crippen LogP contribution >= 0.6 is 11.6 Å². The number of amides is 1. The molecule has 2 aromatic heterocycles. The summed E-state index contributed by atoms with van der Waals surface area (Å²) >= 11 is 6.14. The Morgan fingerprint density at radius 1 is 1.20 bits per heavy atom. The van der Waals surface area contributed by atoms with Crippen LogP contribution in [-0.2, 0) is 4.79 Å². The topological polar surface area (TPSA) is 81.7 Å². The highest BCUT2D eigenvalue weighted by Gasteiger charge is 2.21. The van der Waals surface area contributed by atoms with Crippen molar-refractivity contribution in [3.05, 3.63) is 81.4 Å². The van der Waals surface area contributed by atoms with Gasteiger partial charge in [-0.2, -0.15) is 0 Å². The Hall–Kier alpha value is -3.58. The van der Waals surface area contributed by atoms with Crippen LogP contribution in [0.1, 0.15) is 5.56 Å². The van der Waals surface area contributed by atoms with Crippen molar-refractivity contribution in [2.24, 2.45) is 0 Å². The van der Waals surface area contributed by atoms with Crippen molar-refractivity contribution in [3.63, 3.8) is 0 Å². The number of aryl methyl sites for hydroxylation is 1. The zero-order chi connectivity index (χ0) is 21.3. The minimum Gasteiger partial charge on any atom is -0.476 e. The number of benzene rings is 2. The summed E-state index contributed by atoms with van der Waals surface area (Å²) in [5, 5.41) is 2.98. The van der Waals surface area contributed by atoms with Crippen LogP contribution in [0.15, 0.2) is 68.4 Å². The fraction of sp³-hybridized carbons (Fsp3) is 0.0909. The molecule has 0 saturated heterocycles. The smallest absolute Gasteiger partial charge is 0.262 e. The van der Waals surface area contributed by atoms with Crippen LogP contribution in [0.2, 0.25) is 5.02 Å². The summed E-state index contributed by atoms with van der Waals surface area (Å²) in [4.78, 5) is 25.3. The minimum absolute atomic E-state index is 0.00478. The number of fused-ring (bicyclic) bond motifs is 1. The SMILES string of the molecule is Cc1cc2oc(-c3ccco3)c(OCC(=O)Nc3ccccc3F)c(=O)c2cc1Cl. The number of ether oxygens (including phenoxy) is 1. The number of halogens is 2. The minimum atomic E-state index is -0.646. The van der Waals surface area contributed by atoms with E-state index < -0.39 is 23.8 Å². The van der Waals surface area contributed by atoms with Gasteiger partial charge in [0.25, 0.3) is 5.91 Å². The fourth-order valence-corrected chi connectivity index (χ4v) is 3.05. The van der Waals surface area contributed by atoms with Crippen molar-refractivity contribution < 1.29 is 22.8 Å².